The van der Waals surface area contributed by atoms with Crippen LogP contribution in [0.15, 0.2) is 35.9 Å². The highest BCUT2D eigenvalue weighted by atomic mass is 16.5. The minimum atomic E-state index is 0.649. The zero-order chi connectivity index (χ0) is 20.6. The van der Waals surface area contributed by atoms with Gasteiger partial charge in [0.05, 0.1) is 6.54 Å². The van der Waals surface area contributed by atoms with Crippen LogP contribution < -0.4 is 9.64 Å². The first-order chi connectivity index (χ1) is 14.1. The largest absolute Gasteiger partial charge is 0.484 e. The SMILES string of the molecule is CCN(CCOc1c#cc(C2CCCCC2)cc1)c1ccc(C=C(C)C)c(C)c1. The second-order valence-corrected chi connectivity index (χ2v) is 8.43. The molecule has 0 heterocycles. The lowest BCUT2D eigenvalue weighted by atomic mass is 9.85. The van der Waals surface area contributed by atoms with Crippen LogP contribution in [0.2, 0.25) is 0 Å². The molecule has 0 bridgehead atoms. The van der Waals surface area contributed by atoms with E-state index in [0.29, 0.717) is 12.5 Å². The van der Waals surface area contributed by atoms with Crippen LogP contribution >= 0.6 is 0 Å². The van der Waals surface area contributed by atoms with E-state index < -0.39 is 0 Å². The van der Waals surface area contributed by atoms with E-state index in [1.54, 1.807) is 0 Å². The van der Waals surface area contributed by atoms with Gasteiger partial charge in [-0.1, -0.05) is 43.0 Å². The molecular weight excluding hydrogens is 354 g/mol. The summed E-state index contributed by atoms with van der Waals surface area (Å²) in [5.74, 6) is 1.47. The zero-order valence-corrected chi connectivity index (χ0v) is 18.6. The van der Waals surface area contributed by atoms with E-state index in [2.05, 4.69) is 81.1 Å². The monoisotopic (exact) mass is 389 g/mol. The molecule has 2 aromatic rings. The molecule has 1 fully saturated rings. The predicted molar refractivity (Wildman–Crippen MR) is 124 cm³/mol. The summed E-state index contributed by atoms with van der Waals surface area (Å²) in [7, 11) is 0. The van der Waals surface area contributed by atoms with Crippen LogP contribution in [0.5, 0.6) is 5.75 Å². The summed E-state index contributed by atoms with van der Waals surface area (Å²) in [5.41, 5.74) is 6.49. The van der Waals surface area contributed by atoms with Gasteiger partial charge in [-0.25, -0.2) is 0 Å². The van der Waals surface area contributed by atoms with E-state index in [9.17, 15) is 0 Å². The van der Waals surface area contributed by atoms with E-state index in [4.69, 9.17) is 4.74 Å². The summed E-state index contributed by atoms with van der Waals surface area (Å²) in [5, 5.41) is 0. The molecule has 1 saturated carbocycles. The molecule has 2 heteroatoms. The second kappa shape index (κ2) is 10.4. The molecule has 0 amide bonds. The molecule has 0 atom stereocenters. The van der Waals surface area contributed by atoms with Gasteiger partial charge in [0.25, 0.3) is 0 Å². The van der Waals surface area contributed by atoms with Crippen molar-refractivity contribution in [3.63, 3.8) is 0 Å². The third-order valence-corrected chi connectivity index (χ3v) is 5.85. The van der Waals surface area contributed by atoms with E-state index in [0.717, 1.165) is 18.8 Å². The van der Waals surface area contributed by atoms with Gasteiger partial charge in [-0.15, -0.1) is 0 Å². The molecule has 154 valence electrons. The topological polar surface area (TPSA) is 12.5 Å². The maximum absolute atomic E-state index is 5.97. The summed E-state index contributed by atoms with van der Waals surface area (Å²) in [6, 6.07) is 17.5. The van der Waals surface area contributed by atoms with Crippen LogP contribution in [0, 0.1) is 19.1 Å². The highest BCUT2D eigenvalue weighted by Crippen LogP contribution is 2.32. The van der Waals surface area contributed by atoms with Crippen molar-refractivity contribution in [1.82, 2.24) is 0 Å². The number of benzene rings is 1. The maximum Gasteiger partial charge on any atom is 0.170 e. The fraction of sp³-hybridized carbons (Fsp3) is 0.481. The third kappa shape index (κ3) is 6.04. The van der Waals surface area contributed by atoms with Crippen LogP contribution in [0.3, 0.4) is 0 Å². The Kier molecular flexibility index (Phi) is 7.64. The highest BCUT2D eigenvalue weighted by Gasteiger charge is 2.15. The van der Waals surface area contributed by atoms with Crippen LogP contribution in [-0.4, -0.2) is 19.7 Å². The van der Waals surface area contributed by atoms with Crippen molar-refractivity contribution in [2.75, 3.05) is 24.6 Å². The van der Waals surface area contributed by atoms with Gasteiger partial charge in [-0.3, -0.25) is 0 Å². The number of rotatable bonds is 8. The van der Waals surface area contributed by atoms with Gasteiger partial charge >= 0.3 is 0 Å². The number of allylic oxidation sites excluding steroid dienone is 1. The molecule has 3 rings (SSSR count). The van der Waals surface area contributed by atoms with Gasteiger partial charge in [0.1, 0.15) is 6.61 Å². The molecule has 0 spiro atoms. The minimum Gasteiger partial charge on any atom is -0.484 e. The number of hydrogen-bond donors (Lipinski definition) is 0. The molecule has 0 saturated heterocycles. The lowest BCUT2D eigenvalue weighted by molar-refractivity contribution is 0.324. The Balaban J connectivity index is 1.54. The molecule has 1 aliphatic carbocycles. The van der Waals surface area contributed by atoms with Gasteiger partial charge < -0.3 is 9.64 Å². The molecular formula is C27H35NO. The average molecular weight is 390 g/mol. The Morgan fingerprint density at radius 3 is 2.52 bits per heavy atom. The van der Waals surface area contributed by atoms with Crippen molar-refractivity contribution in [2.45, 2.75) is 65.7 Å². The van der Waals surface area contributed by atoms with E-state index in [1.165, 1.54) is 60.1 Å². The van der Waals surface area contributed by atoms with Crippen LogP contribution in [0.4, 0.5) is 5.69 Å². The Labute approximate surface area is 177 Å². The van der Waals surface area contributed by atoms with Crippen LogP contribution in [-0.2, 0) is 0 Å². The van der Waals surface area contributed by atoms with E-state index >= 15 is 0 Å². The lowest BCUT2D eigenvalue weighted by Gasteiger charge is -2.24. The molecule has 1 aliphatic rings. The first kappa shape index (κ1) is 21.3. The highest BCUT2D eigenvalue weighted by molar-refractivity contribution is 5.61. The molecule has 0 unspecified atom stereocenters. The fourth-order valence-electron chi connectivity index (χ4n) is 4.18. The average Bonchev–Trinajstić information content (AvgIpc) is 2.74. The van der Waals surface area contributed by atoms with Crippen molar-refractivity contribution >= 4 is 11.8 Å². The summed E-state index contributed by atoms with van der Waals surface area (Å²) < 4.78 is 5.97. The van der Waals surface area contributed by atoms with Gasteiger partial charge in [0.15, 0.2) is 5.75 Å². The Hall–Kier alpha value is -2.40. The minimum absolute atomic E-state index is 0.649. The summed E-state index contributed by atoms with van der Waals surface area (Å²) in [6.45, 7) is 11.1. The summed E-state index contributed by atoms with van der Waals surface area (Å²) in [4.78, 5) is 2.36. The number of hydrogen-bond acceptors (Lipinski definition) is 2. The normalized spacial score (nSPS) is 14.2. The summed E-state index contributed by atoms with van der Waals surface area (Å²) >= 11 is 0. The molecule has 2 aromatic carbocycles. The maximum atomic E-state index is 5.97. The number of ether oxygens (including phenoxy) is 1. The van der Waals surface area contributed by atoms with Crippen molar-refractivity contribution in [1.29, 1.82) is 0 Å². The first-order valence-corrected chi connectivity index (χ1v) is 11.1. The molecule has 0 radical (unpaired) electrons. The van der Waals surface area contributed by atoms with Gasteiger partial charge in [0.2, 0.25) is 0 Å². The Morgan fingerprint density at radius 2 is 1.90 bits per heavy atom. The van der Waals surface area contributed by atoms with Crippen LogP contribution in [0.1, 0.15) is 75.5 Å². The lowest BCUT2D eigenvalue weighted by Crippen LogP contribution is -2.28. The quantitative estimate of drug-likeness (QED) is 0.483. The second-order valence-electron chi connectivity index (χ2n) is 8.43. The zero-order valence-electron chi connectivity index (χ0n) is 18.6. The first-order valence-electron chi connectivity index (χ1n) is 11.1. The molecule has 2 nitrogen and oxygen atoms in total. The fourth-order valence-corrected chi connectivity index (χ4v) is 4.18. The van der Waals surface area contributed by atoms with E-state index in [-0.39, 0.29) is 0 Å². The predicted octanol–water partition coefficient (Wildman–Crippen LogP) is 6.97. The molecule has 0 aromatic heterocycles. The van der Waals surface area contributed by atoms with Crippen molar-refractivity contribution in [2.24, 2.45) is 0 Å². The van der Waals surface area contributed by atoms with Crippen LogP contribution in [0.25, 0.3) is 6.08 Å². The van der Waals surface area contributed by atoms with Gasteiger partial charge in [-0.05, 0) is 87.9 Å². The Bertz CT molecular complexity index is 796. The van der Waals surface area contributed by atoms with Crippen molar-refractivity contribution in [3.05, 3.63) is 64.7 Å². The number of aryl methyl sites for hydroxylation is 1. The summed E-state index contributed by atoms with van der Waals surface area (Å²) in [6.07, 6.45) is 8.90. The van der Waals surface area contributed by atoms with Crippen molar-refractivity contribution < 1.29 is 4.74 Å². The van der Waals surface area contributed by atoms with Gasteiger partial charge in [-0.2, -0.15) is 0 Å². The third-order valence-electron chi connectivity index (χ3n) is 5.85. The molecule has 0 N–H and O–H groups in total. The smallest absolute Gasteiger partial charge is 0.170 e. The molecule has 0 aliphatic heterocycles. The standard InChI is InChI=1S/C27H35NO/c1-5-28(26-14-11-25(19-21(2)3)22(4)20-26)17-18-29-27-15-12-24(13-16-27)23-9-7-6-8-10-23/h11-12,14-15,19-20,23H,5-10,17-18H2,1-4H3. The van der Waals surface area contributed by atoms with E-state index in [1.807, 2.05) is 0 Å². The number of nitrogens with zero attached hydrogens (tertiary/aromatic N) is 1. The molecule has 29 heavy (non-hydrogen) atoms. The number of anilines is 1. The number of likely N-dealkylation sites (N-methyl/N-ethyl adjacent to an activating group) is 1. The Morgan fingerprint density at radius 1 is 1.10 bits per heavy atom. The van der Waals surface area contributed by atoms with Crippen molar-refractivity contribution in [3.8, 4) is 5.75 Å². The van der Waals surface area contributed by atoms with Gasteiger partial charge in [0, 0.05) is 17.8 Å².